The molecule has 5 rings (SSSR count). The number of phenols is 1. The third-order valence-electron chi connectivity index (χ3n) is 6.76. The minimum Gasteiger partial charge on any atom is -0.506 e. The highest BCUT2D eigenvalue weighted by Gasteiger charge is 2.44. The second-order valence-electron chi connectivity index (χ2n) is 11.4. The van der Waals surface area contributed by atoms with E-state index in [-0.39, 0.29) is 40.9 Å². The van der Waals surface area contributed by atoms with Crippen LogP contribution in [0.4, 0.5) is 10.6 Å². The molecule has 36 heavy (non-hydrogen) atoms. The Morgan fingerprint density at radius 2 is 2.06 bits per heavy atom. The Balaban J connectivity index is 1.46. The number of nitrogens with zero attached hydrogens (tertiary/aromatic N) is 5. The van der Waals surface area contributed by atoms with Gasteiger partial charge in [-0.25, -0.2) is 4.79 Å². The van der Waals surface area contributed by atoms with E-state index in [0.717, 1.165) is 19.4 Å². The van der Waals surface area contributed by atoms with E-state index >= 15 is 0 Å². The van der Waals surface area contributed by atoms with E-state index in [1.807, 2.05) is 20.8 Å². The second kappa shape index (κ2) is 8.99. The molecule has 1 N–H and O–H groups in total. The summed E-state index contributed by atoms with van der Waals surface area (Å²) in [5.74, 6) is 0.865. The van der Waals surface area contributed by atoms with E-state index in [1.54, 1.807) is 4.90 Å². The van der Waals surface area contributed by atoms with Gasteiger partial charge in [0.1, 0.15) is 28.8 Å². The van der Waals surface area contributed by atoms with Crippen LogP contribution < -0.4 is 14.4 Å². The number of halogens is 1. The van der Waals surface area contributed by atoms with Crippen LogP contribution in [0.2, 0.25) is 5.02 Å². The van der Waals surface area contributed by atoms with Crippen LogP contribution >= 0.6 is 11.6 Å². The van der Waals surface area contributed by atoms with E-state index in [0.29, 0.717) is 48.7 Å². The lowest BCUT2D eigenvalue weighted by Gasteiger charge is -2.41. The molecule has 1 aliphatic carbocycles. The van der Waals surface area contributed by atoms with Crippen molar-refractivity contribution in [2.24, 2.45) is 5.41 Å². The molecule has 3 aliphatic rings. The van der Waals surface area contributed by atoms with Crippen molar-refractivity contribution in [3.8, 4) is 17.5 Å². The highest BCUT2D eigenvalue weighted by Crippen LogP contribution is 2.48. The SMILES string of the molecule is CN(C)CC1(COc2nc3c4c(c(Cl)c(O)cc4n2)OC[C@@H]2CN(C(=O)OC(C)(C)C)CCN32)CC1. The quantitative estimate of drug-likeness (QED) is 0.635. The van der Waals surface area contributed by atoms with Crippen LogP contribution in [0.15, 0.2) is 6.07 Å². The van der Waals surface area contributed by atoms with Crippen LogP contribution in [0.25, 0.3) is 10.9 Å². The maximum absolute atomic E-state index is 12.7. The zero-order chi connectivity index (χ0) is 25.8. The zero-order valence-corrected chi connectivity index (χ0v) is 22.3. The molecule has 2 aliphatic heterocycles. The molecule has 1 saturated carbocycles. The van der Waals surface area contributed by atoms with Gasteiger partial charge >= 0.3 is 12.1 Å². The van der Waals surface area contributed by atoms with E-state index < -0.39 is 5.60 Å². The molecule has 11 heteroatoms. The first-order valence-corrected chi connectivity index (χ1v) is 12.7. The molecule has 3 heterocycles. The summed E-state index contributed by atoms with van der Waals surface area (Å²) in [5.41, 5.74) is 0.0412. The first-order valence-electron chi connectivity index (χ1n) is 12.3. The molecule has 0 unspecified atom stereocenters. The van der Waals surface area contributed by atoms with Crippen molar-refractivity contribution in [1.82, 2.24) is 19.8 Å². The number of aromatic hydroxyl groups is 1. The predicted molar refractivity (Wildman–Crippen MR) is 136 cm³/mol. The highest BCUT2D eigenvalue weighted by atomic mass is 35.5. The Bertz CT molecular complexity index is 1180. The molecular weight excluding hydrogens is 486 g/mol. The molecule has 1 atom stereocenters. The smallest absolute Gasteiger partial charge is 0.410 e. The molecule has 196 valence electrons. The van der Waals surface area contributed by atoms with Crippen LogP contribution in [-0.2, 0) is 4.74 Å². The topological polar surface area (TPSA) is 100 Å². The number of piperazine rings is 1. The predicted octanol–water partition coefficient (Wildman–Crippen LogP) is 3.53. The summed E-state index contributed by atoms with van der Waals surface area (Å²) in [6.07, 6.45) is 1.86. The summed E-state index contributed by atoms with van der Waals surface area (Å²) >= 11 is 6.45. The van der Waals surface area contributed by atoms with Crippen LogP contribution in [0.3, 0.4) is 0 Å². The third-order valence-corrected chi connectivity index (χ3v) is 7.13. The number of carbonyl (C=O) groups is 1. The largest absolute Gasteiger partial charge is 0.506 e. The molecule has 1 amide bonds. The molecule has 0 bridgehead atoms. The Hall–Kier alpha value is -2.72. The Morgan fingerprint density at radius 3 is 2.72 bits per heavy atom. The standard InChI is InChI=1S/C25H34ClN5O5/c1-24(2,3)36-23(33)30-8-9-31-15(11-30)12-34-20-18-16(10-17(32)19(20)26)27-22(28-21(18)31)35-14-25(6-7-25)13-29(4)5/h10,15,32H,6-9,11-14H2,1-5H3/t15-/m0/s1. The van der Waals surface area contributed by atoms with E-state index in [1.165, 1.54) is 6.07 Å². The Kier molecular flexibility index (Phi) is 6.23. The lowest BCUT2D eigenvalue weighted by Crippen LogP contribution is -2.57. The zero-order valence-electron chi connectivity index (χ0n) is 21.5. The first kappa shape index (κ1) is 25.0. The molecule has 0 spiro atoms. The van der Waals surface area contributed by atoms with Crippen molar-refractivity contribution in [2.45, 2.75) is 45.3 Å². The number of phenolic OH excluding ortho intramolecular Hbond substituents is 1. The van der Waals surface area contributed by atoms with Crippen molar-refractivity contribution in [3.05, 3.63) is 11.1 Å². The first-order chi connectivity index (χ1) is 16.9. The number of rotatable bonds is 5. The molecule has 2 fully saturated rings. The normalized spacial score (nSPS) is 20.6. The molecular formula is C25H34ClN5O5. The van der Waals surface area contributed by atoms with Gasteiger partial charge in [-0.05, 0) is 47.7 Å². The molecule has 1 saturated heterocycles. The second-order valence-corrected chi connectivity index (χ2v) is 11.8. The number of fused-ring (bicyclic) bond motifs is 2. The fourth-order valence-corrected chi connectivity index (χ4v) is 5.16. The number of carbonyl (C=O) groups excluding carboxylic acids is 1. The molecule has 0 radical (unpaired) electrons. The summed E-state index contributed by atoms with van der Waals surface area (Å²) in [6, 6.07) is 1.59. The van der Waals surface area contributed by atoms with Gasteiger partial charge < -0.3 is 34.0 Å². The number of hydrogen-bond acceptors (Lipinski definition) is 9. The number of benzene rings is 1. The monoisotopic (exact) mass is 519 g/mol. The van der Waals surface area contributed by atoms with E-state index in [9.17, 15) is 9.90 Å². The Morgan fingerprint density at radius 1 is 1.31 bits per heavy atom. The average Bonchev–Trinajstić information content (AvgIpc) is 3.57. The van der Waals surface area contributed by atoms with Crippen LogP contribution in [0.1, 0.15) is 33.6 Å². The fourth-order valence-electron chi connectivity index (χ4n) is 4.96. The number of hydrogen-bond donors (Lipinski definition) is 1. The van der Waals surface area contributed by atoms with Crippen LogP contribution in [0.5, 0.6) is 17.5 Å². The van der Waals surface area contributed by atoms with Gasteiger partial charge in [-0.3, -0.25) is 0 Å². The number of amides is 1. The lowest BCUT2D eigenvalue weighted by molar-refractivity contribution is 0.0202. The number of anilines is 1. The van der Waals surface area contributed by atoms with Gasteiger partial charge in [-0.1, -0.05) is 11.6 Å². The van der Waals surface area contributed by atoms with Crippen molar-refractivity contribution in [2.75, 3.05) is 58.4 Å². The van der Waals surface area contributed by atoms with Crippen molar-refractivity contribution < 1.29 is 24.1 Å². The summed E-state index contributed by atoms with van der Waals surface area (Å²) in [5, 5.41) is 11.2. The van der Waals surface area contributed by atoms with Gasteiger partial charge in [-0.15, -0.1) is 0 Å². The summed E-state index contributed by atoms with van der Waals surface area (Å²) in [7, 11) is 4.12. The van der Waals surface area contributed by atoms with Gasteiger partial charge in [0.25, 0.3) is 0 Å². The van der Waals surface area contributed by atoms with Crippen molar-refractivity contribution in [1.29, 1.82) is 0 Å². The van der Waals surface area contributed by atoms with Gasteiger partial charge in [0, 0.05) is 37.7 Å². The summed E-state index contributed by atoms with van der Waals surface area (Å²) in [4.78, 5) is 28.1. The molecule has 1 aromatic heterocycles. The van der Waals surface area contributed by atoms with Gasteiger partial charge in [-0.2, -0.15) is 9.97 Å². The molecule has 2 aromatic rings. The van der Waals surface area contributed by atoms with E-state index in [2.05, 4.69) is 28.9 Å². The highest BCUT2D eigenvalue weighted by molar-refractivity contribution is 6.35. The van der Waals surface area contributed by atoms with Crippen molar-refractivity contribution in [3.63, 3.8) is 0 Å². The summed E-state index contributed by atoms with van der Waals surface area (Å²) < 4.78 is 17.8. The minimum absolute atomic E-state index is 0.115. The number of ether oxygens (including phenoxy) is 3. The molecule has 10 nitrogen and oxygen atoms in total. The fraction of sp³-hybridized carbons (Fsp3) is 0.640. The molecule has 1 aromatic carbocycles. The van der Waals surface area contributed by atoms with Gasteiger partial charge in [0.15, 0.2) is 5.75 Å². The lowest BCUT2D eigenvalue weighted by atomic mass is 10.1. The van der Waals surface area contributed by atoms with Crippen LogP contribution in [0, 0.1) is 5.41 Å². The number of aromatic nitrogens is 2. The van der Waals surface area contributed by atoms with Gasteiger partial charge in [0.2, 0.25) is 0 Å². The maximum atomic E-state index is 12.7. The third kappa shape index (κ3) is 4.93. The minimum atomic E-state index is -0.577. The maximum Gasteiger partial charge on any atom is 0.410 e. The average molecular weight is 520 g/mol. The Labute approximate surface area is 216 Å². The van der Waals surface area contributed by atoms with E-state index in [4.69, 9.17) is 30.8 Å². The van der Waals surface area contributed by atoms with Crippen molar-refractivity contribution >= 4 is 34.4 Å². The van der Waals surface area contributed by atoms with Crippen LogP contribution in [-0.4, -0.2) is 96.1 Å². The summed E-state index contributed by atoms with van der Waals surface area (Å²) in [6.45, 7) is 8.68. The van der Waals surface area contributed by atoms with Gasteiger partial charge in [0.05, 0.1) is 23.6 Å².